The van der Waals surface area contributed by atoms with Crippen LogP contribution in [0.1, 0.15) is 26.6 Å². The van der Waals surface area contributed by atoms with Gasteiger partial charge in [-0.25, -0.2) is 4.98 Å². The monoisotopic (exact) mass is 567 g/mol. The third kappa shape index (κ3) is 8.82. The summed E-state index contributed by atoms with van der Waals surface area (Å²) in [7, 11) is 0. The molecule has 2 aromatic carbocycles. The van der Waals surface area contributed by atoms with Crippen molar-refractivity contribution in [2.45, 2.75) is 25.6 Å². The highest BCUT2D eigenvalue weighted by Crippen LogP contribution is 2.31. The minimum atomic E-state index is -4.82. The van der Waals surface area contributed by atoms with Crippen LogP contribution in [0.3, 0.4) is 0 Å². The van der Waals surface area contributed by atoms with Crippen LogP contribution in [0.15, 0.2) is 47.8 Å². The van der Waals surface area contributed by atoms with E-state index in [1.165, 1.54) is 17.5 Å². The van der Waals surface area contributed by atoms with Crippen LogP contribution in [-0.2, 0) is 24.1 Å². The number of nitrogens with one attached hydrogen (secondary N) is 2. The van der Waals surface area contributed by atoms with Gasteiger partial charge in [-0.15, -0.1) is 24.5 Å². The molecule has 0 aliphatic rings. The van der Waals surface area contributed by atoms with E-state index in [2.05, 4.69) is 20.4 Å². The van der Waals surface area contributed by atoms with Crippen LogP contribution < -0.4 is 20.1 Å². The maximum absolute atomic E-state index is 12.9. The van der Waals surface area contributed by atoms with Crippen LogP contribution in [0.5, 0.6) is 11.5 Å². The van der Waals surface area contributed by atoms with Crippen molar-refractivity contribution >= 4 is 34.8 Å². The molecule has 3 aromatic rings. The highest BCUT2D eigenvalue weighted by atomic mass is 35.5. The number of rotatable bonds is 9. The number of hydrogen-bond acceptors (Lipinski definition) is 6. The number of halogens is 7. The highest BCUT2D eigenvalue weighted by Gasteiger charge is 2.31. The van der Waals surface area contributed by atoms with Crippen molar-refractivity contribution in [2.75, 3.05) is 6.61 Å². The summed E-state index contributed by atoms with van der Waals surface area (Å²) in [5, 5.41) is 6.78. The van der Waals surface area contributed by atoms with Crippen LogP contribution in [0.2, 0.25) is 5.02 Å². The zero-order valence-corrected chi connectivity index (χ0v) is 19.9. The van der Waals surface area contributed by atoms with Crippen LogP contribution in [-0.4, -0.2) is 29.8 Å². The molecule has 0 atom stereocenters. The van der Waals surface area contributed by atoms with Gasteiger partial charge in [0.1, 0.15) is 22.2 Å². The average molecular weight is 568 g/mol. The molecule has 0 spiro atoms. The second-order valence-electron chi connectivity index (χ2n) is 7.20. The largest absolute Gasteiger partial charge is 0.573 e. The quantitative estimate of drug-likeness (QED) is 0.341. The van der Waals surface area contributed by atoms with E-state index in [1.54, 1.807) is 0 Å². The number of benzene rings is 2. The summed E-state index contributed by atoms with van der Waals surface area (Å²) in [5.41, 5.74) is -0.825. The Morgan fingerprint density at radius 1 is 0.946 bits per heavy atom. The molecule has 0 unspecified atom stereocenters. The molecule has 0 fully saturated rings. The number of hydrogen-bond donors (Lipinski definition) is 2. The smallest absolute Gasteiger partial charge is 0.484 e. The topological polar surface area (TPSA) is 89.6 Å². The van der Waals surface area contributed by atoms with Gasteiger partial charge in [0, 0.05) is 16.9 Å². The Labute approximate surface area is 214 Å². The number of nitrogens with zero attached hydrogens (tertiary/aromatic N) is 1. The van der Waals surface area contributed by atoms with Crippen LogP contribution in [0.25, 0.3) is 0 Å². The summed E-state index contributed by atoms with van der Waals surface area (Å²) >= 11 is 6.98. The van der Waals surface area contributed by atoms with Crippen molar-refractivity contribution in [3.8, 4) is 11.5 Å². The molecule has 198 valence electrons. The molecule has 0 radical (unpaired) electrons. The van der Waals surface area contributed by atoms with Crippen molar-refractivity contribution in [1.29, 1.82) is 0 Å². The Hall–Kier alpha value is -3.52. The molecule has 7 nitrogen and oxygen atoms in total. The molecule has 2 amide bonds. The molecule has 0 bridgehead atoms. The van der Waals surface area contributed by atoms with Crippen molar-refractivity contribution in [1.82, 2.24) is 15.6 Å². The van der Waals surface area contributed by atoms with E-state index in [1.807, 2.05) is 0 Å². The third-order valence-electron chi connectivity index (χ3n) is 4.46. The SMILES string of the molecule is O=C(COc1ccc(OC(F)(F)F)cc1)NCc1nc(C(=O)NCc2cc(C(F)(F)F)ccc2Cl)cs1. The Kier molecular flexibility index (Phi) is 8.86. The first-order valence-corrected chi connectivity index (χ1v) is 11.4. The molecule has 0 aliphatic carbocycles. The first-order chi connectivity index (χ1) is 17.3. The van der Waals surface area contributed by atoms with Gasteiger partial charge in [-0.3, -0.25) is 9.59 Å². The van der Waals surface area contributed by atoms with E-state index in [-0.39, 0.29) is 35.1 Å². The normalized spacial score (nSPS) is 11.6. The molecule has 0 saturated carbocycles. The molecular formula is C22H16ClF6N3O4S. The first kappa shape index (κ1) is 28.1. The molecule has 0 saturated heterocycles. The summed E-state index contributed by atoms with van der Waals surface area (Å²) in [4.78, 5) is 28.3. The van der Waals surface area contributed by atoms with E-state index in [4.69, 9.17) is 16.3 Å². The van der Waals surface area contributed by atoms with Crippen molar-refractivity contribution in [3.63, 3.8) is 0 Å². The number of carbonyl (C=O) groups is 2. The minimum absolute atomic E-state index is 0.00485. The number of carbonyl (C=O) groups excluding carboxylic acids is 2. The second kappa shape index (κ2) is 11.7. The maximum Gasteiger partial charge on any atom is 0.573 e. The van der Waals surface area contributed by atoms with E-state index < -0.39 is 42.3 Å². The van der Waals surface area contributed by atoms with E-state index in [0.717, 1.165) is 41.7 Å². The highest BCUT2D eigenvalue weighted by molar-refractivity contribution is 7.09. The number of amides is 2. The molecule has 37 heavy (non-hydrogen) atoms. The first-order valence-electron chi connectivity index (χ1n) is 10.1. The van der Waals surface area contributed by atoms with E-state index in [0.29, 0.717) is 5.01 Å². The Morgan fingerprint density at radius 3 is 2.27 bits per heavy atom. The van der Waals surface area contributed by atoms with Gasteiger partial charge in [-0.05, 0) is 48.0 Å². The molecule has 2 N–H and O–H groups in total. The number of aromatic nitrogens is 1. The van der Waals surface area contributed by atoms with Crippen LogP contribution in [0.4, 0.5) is 26.3 Å². The van der Waals surface area contributed by atoms with Crippen molar-refractivity contribution in [2.24, 2.45) is 0 Å². The van der Waals surface area contributed by atoms with Gasteiger partial charge < -0.3 is 20.1 Å². The summed E-state index contributed by atoms with van der Waals surface area (Å²) < 4.78 is 84.1. The lowest BCUT2D eigenvalue weighted by molar-refractivity contribution is -0.274. The van der Waals surface area contributed by atoms with Gasteiger partial charge in [0.15, 0.2) is 6.61 Å². The Morgan fingerprint density at radius 2 is 1.62 bits per heavy atom. The predicted molar refractivity (Wildman–Crippen MR) is 120 cm³/mol. The summed E-state index contributed by atoms with van der Waals surface area (Å²) in [6.45, 7) is -0.736. The Bertz CT molecular complexity index is 1250. The van der Waals surface area contributed by atoms with E-state index >= 15 is 0 Å². The minimum Gasteiger partial charge on any atom is -0.484 e. The molecule has 1 aromatic heterocycles. The van der Waals surface area contributed by atoms with Crippen molar-refractivity contribution < 1.29 is 45.4 Å². The second-order valence-corrected chi connectivity index (χ2v) is 8.55. The lowest BCUT2D eigenvalue weighted by Gasteiger charge is -2.11. The van der Waals surface area contributed by atoms with Gasteiger partial charge in [-0.2, -0.15) is 13.2 Å². The lowest BCUT2D eigenvalue weighted by Crippen LogP contribution is -2.28. The predicted octanol–water partition coefficient (Wildman–Crippen LogP) is 5.34. The van der Waals surface area contributed by atoms with Crippen LogP contribution in [0, 0.1) is 0 Å². The molecule has 15 heteroatoms. The fourth-order valence-corrected chi connectivity index (χ4v) is 3.66. The number of thiazole rings is 1. The molecular weight excluding hydrogens is 552 g/mol. The average Bonchev–Trinajstić information content (AvgIpc) is 3.29. The van der Waals surface area contributed by atoms with Gasteiger partial charge in [-0.1, -0.05) is 11.6 Å². The summed E-state index contributed by atoms with van der Waals surface area (Å²) in [5.74, 6) is -1.51. The van der Waals surface area contributed by atoms with Gasteiger partial charge in [0.2, 0.25) is 0 Å². The van der Waals surface area contributed by atoms with Gasteiger partial charge >= 0.3 is 12.5 Å². The standard InChI is InChI=1S/C22H16ClF6N3O4S/c23-16-6-1-13(21(24,25)26)7-12(16)8-31-20(34)17-11-37-19(32-17)9-30-18(33)10-35-14-2-4-15(5-3-14)36-22(27,28)29/h1-7,11H,8-10H2,(H,30,33)(H,31,34). The van der Waals surface area contributed by atoms with E-state index in [9.17, 15) is 35.9 Å². The molecule has 1 heterocycles. The Balaban J connectivity index is 1.45. The zero-order chi connectivity index (χ0) is 27.2. The zero-order valence-electron chi connectivity index (χ0n) is 18.4. The third-order valence-corrected chi connectivity index (χ3v) is 5.68. The van der Waals surface area contributed by atoms with Crippen molar-refractivity contribution in [3.05, 3.63) is 74.7 Å². The number of alkyl halides is 6. The fourth-order valence-electron chi connectivity index (χ4n) is 2.76. The maximum atomic E-state index is 12.9. The van der Waals surface area contributed by atoms with Gasteiger partial charge in [0.05, 0.1) is 12.1 Å². The molecule has 3 rings (SSSR count). The summed E-state index contributed by atoms with van der Waals surface area (Å²) in [6, 6.07) is 7.24. The number of ether oxygens (including phenoxy) is 2. The van der Waals surface area contributed by atoms with Crippen LogP contribution >= 0.6 is 22.9 Å². The summed E-state index contributed by atoms with van der Waals surface area (Å²) in [6.07, 6.45) is -9.38. The lowest BCUT2D eigenvalue weighted by atomic mass is 10.1. The van der Waals surface area contributed by atoms with Gasteiger partial charge in [0.25, 0.3) is 11.8 Å². The fraction of sp³-hybridized carbons (Fsp3) is 0.227. The molecule has 0 aliphatic heterocycles.